The summed E-state index contributed by atoms with van der Waals surface area (Å²) in [6.45, 7) is 4.15. The minimum atomic E-state index is 0.0604. The zero-order valence-corrected chi connectivity index (χ0v) is 10.6. The van der Waals surface area contributed by atoms with E-state index < -0.39 is 0 Å². The highest BCUT2D eigenvalue weighted by Gasteiger charge is 2.13. The fraction of sp³-hybridized carbons (Fsp3) is 0.500. The molecule has 0 unspecified atom stereocenters. The lowest BCUT2D eigenvalue weighted by atomic mass is 10.2. The van der Waals surface area contributed by atoms with Crippen LogP contribution in [0.15, 0.2) is 12.1 Å². The predicted molar refractivity (Wildman–Crippen MR) is 64.3 cm³/mol. The molecular weight excluding hydrogens is 222 g/mol. The van der Waals surface area contributed by atoms with Crippen LogP contribution in [0.25, 0.3) is 0 Å². The van der Waals surface area contributed by atoms with E-state index in [0.29, 0.717) is 17.2 Å². The maximum atomic E-state index is 5.63. The molecule has 0 aliphatic heterocycles. The molecule has 0 radical (unpaired) electrons. The molecule has 0 aliphatic rings. The van der Waals surface area contributed by atoms with E-state index in [1.807, 2.05) is 13.8 Å². The standard InChI is InChI=1S/C12H19NO4/c1-8(2)17-12-6-10(14-3)9(7-16-13)5-11(12)15-4/h5-6,8H,7,13H2,1-4H3. The molecule has 1 aromatic carbocycles. The van der Waals surface area contributed by atoms with Crippen molar-refractivity contribution in [2.75, 3.05) is 14.2 Å². The second kappa shape index (κ2) is 6.32. The van der Waals surface area contributed by atoms with Crippen molar-refractivity contribution in [2.24, 2.45) is 5.90 Å². The van der Waals surface area contributed by atoms with Crippen LogP contribution in [0, 0.1) is 0 Å². The molecule has 0 atom stereocenters. The minimum absolute atomic E-state index is 0.0604. The van der Waals surface area contributed by atoms with E-state index >= 15 is 0 Å². The Bertz CT molecular complexity index is 366. The number of hydrogen-bond acceptors (Lipinski definition) is 5. The number of rotatable bonds is 6. The molecule has 17 heavy (non-hydrogen) atoms. The Morgan fingerprint density at radius 2 is 1.71 bits per heavy atom. The van der Waals surface area contributed by atoms with Gasteiger partial charge in [0.15, 0.2) is 11.5 Å². The van der Waals surface area contributed by atoms with Gasteiger partial charge in [-0.3, -0.25) is 4.84 Å². The predicted octanol–water partition coefficient (Wildman–Crippen LogP) is 1.88. The number of ether oxygens (including phenoxy) is 3. The van der Waals surface area contributed by atoms with Crippen molar-refractivity contribution in [3.8, 4) is 17.2 Å². The maximum absolute atomic E-state index is 5.63. The van der Waals surface area contributed by atoms with Crippen LogP contribution in [0.3, 0.4) is 0 Å². The molecule has 5 nitrogen and oxygen atoms in total. The van der Waals surface area contributed by atoms with Crippen LogP contribution < -0.4 is 20.1 Å². The van der Waals surface area contributed by atoms with Gasteiger partial charge in [-0.25, -0.2) is 5.90 Å². The molecule has 5 heteroatoms. The van der Waals surface area contributed by atoms with Gasteiger partial charge in [-0.2, -0.15) is 0 Å². The van der Waals surface area contributed by atoms with E-state index in [1.165, 1.54) is 0 Å². The molecule has 0 heterocycles. The molecular formula is C12H19NO4. The van der Waals surface area contributed by atoms with Crippen LogP contribution in [0.2, 0.25) is 0 Å². The first-order valence-electron chi connectivity index (χ1n) is 5.35. The zero-order chi connectivity index (χ0) is 12.8. The lowest BCUT2D eigenvalue weighted by Crippen LogP contribution is -2.08. The van der Waals surface area contributed by atoms with E-state index in [0.717, 1.165) is 5.56 Å². The highest BCUT2D eigenvalue weighted by molar-refractivity contribution is 5.50. The second-order valence-electron chi connectivity index (χ2n) is 3.79. The lowest BCUT2D eigenvalue weighted by molar-refractivity contribution is 0.121. The van der Waals surface area contributed by atoms with Crippen molar-refractivity contribution in [3.05, 3.63) is 17.7 Å². The molecule has 1 rings (SSSR count). The topological polar surface area (TPSA) is 62.9 Å². The van der Waals surface area contributed by atoms with Gasteiger partial charge in [-0.05, 0) is 19.9 Å². The van der Waals surface area contributed by atoms with Crippen molar-refractivity contribution in [1.82, 2.24) is 0 Å². The Balaban J connectivity index is 3.12. The summed E-state index contributed by atoms with van der Waals surface area (Å²) >= 11 is 0. The molecule has 0 fully saturated rings. The van der Waals surface area contributed by atoms with E-state index in [1.54, 1.807) is 26.4 Å². The third kappa shape index (κ3) is 3.51. The summed E-state index contributed by atoms with van der Waals surface area (Å²) in [4.78, 5) is 4.61. The number of hydrogen-bond donors (Lipinski definition) is 1. The number of benzene rings is 1. The van der Waals surface area contributed by atoms with Crippen LogP contribution in [0.1, 0.15) is 19.4 Å². The molecule has 0 spiro atoms. The molecule has 96 valence electrons. The van der Waals surface area contributed by atoms with Crippen molar-refractivity contribution < 1.29 is 19.0 Å². The Morgan fingerprint density at radius 3 is 2.18 bits per heavy atom. The highest BCUT2D eigenvalue weighted by Crippen LogP contribution is 2.35. The molecule has 1 aromatic rings. The number of methoxy groups -OCH3 is 2. The summed E-state index contributed by atoms with van der Waals surface area (Å²) in [5, 5.41) is 0. The third-order valence-electron chi connectivity index (χ3n) is 2.17. The zero-order valence-electron chi connectivity index (χ0n) is 10.6. The second-order valence-corrected chi connectivity index (χ2v) is 3.79. The van der Waals surface area contributed by atoms with Crippen LogP contribution in [0.4, 0.5) is 0 Å². The summed E-state index contributed by atoms with van der Waals surface area (Å²) in [6.07, 6.45) is 0.0604. The third-order valence-corrected chi connectivity index (χ3v) is 2.17. The molecule has 0 aliphatic carbocycles. The molecule has 0 saturated heterocycles. The van der Waals surface area contributed by atoms with E-state index in [9.17, 15) is 0 Å². The van der Waals surface area contributed by atoms with Gasteiger partial charge in [-0.15, -0.1) is 0 Å². The molecule has 0 saturated carbocycles. The van der Waals surface area contributed by atoms with Gasteiger partial charge < -0.3 is 14.2 Å². The highest BCUT2D eigenvalue weighted by atomic mass is 16.6. The van der Waals surface area contributed by atoms with Gasteiger partial charge in [0.25, 0.3) is 0 Å². The summed E-state index contributed by atoms with van der Waals surface area (Å²) in [7, 11) is 3.17. The van der Waals surface area contributed by atoms with E-state index in [-0.39, 0.29) is 12.7 Å². The van der Waals surface area contributed by atoms with Crippen molar-refractivity contribution in [3.63, 3.8) is 0 Å². The Kier molecular flexibility index (Phi) is 5.06. The normalized spacial score (nSPS) is 10.5. The van der Waals surface area contributed by atoms with Crippen LogP contribution in [0.5, 0.6) is 17.2 Å². The van der Waals surface area contributed by atoms with Gasteiger partial charge in [-0.1, -0.05) is 0 Å². The van der Waals surface area contributed by atoms with Crippen molar-refractivity contribution >= 4 is 0 Å². The maximum Gasteiger partial charge on any atom is 0.165 e. The minimum Gasteiger partial charge on any atom is -0.496 e. The first-order chi connectivity index (χ1) is 8.12. The van der Waals surface area contributed by atoms with Gasteiger partial charge in [0.05, 0.1) is 26.9 Å². The van der Waals surface area contributed by atoms with Gasteiger partial charge >= 0.3 is 0 Å². The van der Waals surface area contributed by atoms with Crippen molar-refractivity contribution in [2.45, 2.75) is 26.6 Å². The van der Waals surface area contributed by atoms with Crippen LogP contribution in [-0.4, -0.2) is 20.3 Å². The summed E-state index contributed by atoms with van der Waals surface area (Å²) < 4.78 is 16.1. The van der Waals surface area contributed by atoms with Crippen molar-refractivity contribution in [1.29, 1.82) is 0 Å². The molecule has 0 amide bonds. The van der Waals surface area contributed by atoms with Crippen LogP contribution in [-0.2, 0) is 11.4 Å². The molecule has 0 aromatic heterocycles. The van der Waals surface area contributed by atoms with Gasteiger partial charge in [0, 0.05) is 11.6 Å². The largest absolute Gasteiger partial charge is 0.496 e. The first-order valence-corrected chi connectivity index (χ1v) is 5.35. The first kappa shape index (κ1) is 13.6. The van der Waals surface area contributed by atoms with Gasteiger partial charge in [0.2, 0.25) is 0 Å². The van der Waals surface area contributed by atoms with E-state index in [4.69, 9.17) is 20.1 Å². The monoisotopic (exact) mass is 241 g/mol. The van der Waals surface area contributed by atoms with Gasteiger partial charge in [0.1, 0.15) is 5.75 Å². The Morgan fingerprint density at radius 1 is 1.06 bits per heavy atom. The lowest BCUT2D eigenvalue weighted by Gasteiger charge is -2.16. The summed E-state index contributed by atoms with van der Waals surface area (Å²) in [5.41, 5.74) is 0.808. The summed E-state index contributed by atoms with van der Waals surface area (Å²) in [5.74, 6) is 7.00. The van der Waals surface area contributed by atoms with E-state index in [2.05, 4.69) is 4.84 Å². The molecule has 2 N–H and O–H groups in total. The van der Waals surface area contributed by atoms with Crippen LogP contribution >= 0.6 is 0 Å². The Hall–Kier alpha value is -1.46. The smallest absolute Gasteiger partial charge is 0.165 e. The SMILES string of the molecule is COc1cc(OC(C)C)c(OC)cc1CON. The summed E-state index contributed by atoms with van der Waals surface area (Å²) in [6, 6.07) is 3.57. The average Bonchev–Trinajstić information content (AvgIpc) is 2.30. The quantitative estimate of drug-likeness (QED) is 0.770. The fourth-order valence-electron chi connectivity index (χ4n) is 1.48. The number of nitrogens with two attached hydrogens (primary N) is 1. The molecule has 0 bridgehead atoms. The fourth-order valence-corrected chi connectivity index (χ4v) is 1.48. The average molecular weight is 241 g/mol. The Labute approximate surface area is 101 Å².